The molecule has 0 spiro atoms. The van der Waals surface area contributed by atoms with Crippen LogP contribution in [0.2, 0.25) is 0 Å². The second-order valence-corrected chi connectivity index (χ2v) is 3.75. The molecule has 2 nitrogen and oxygen atoms in total. The van der Waals surface area contributed by atoms with Gasteiger partial charge in [0.05, 0.1) is 0 Å². The van der Waals surface area contributed by atoms with Gasteiger partial charge in [0.2, 0.25) is 0 Å². The summed E-state index contributed by atoms with van der Waals surface area (Å²) in [4.78, 5) is 2.06. The van der Waals surface area contributed by atoms with Gasteiger partial charge in [0.25, 0.3) is 0 Å². The second kappa shape index (κ2) is 6.52. The summed E-state index contributed by atoms with van der Waals surface area (Å²) in [5.41, 5.74) is 0. The highest BCUT2D eigenvalue weighted by Crippen LogP contribution is 2.10. The van der Waals surface area contributed by atoms with Crippen LogP contribution < -0.4 is 0 Å². The zero-order valence-electron chi connectivity index (χ0n) is 9.28. The Hall–Kier alpha value is -0.920. The summed E-state index contributed by atoms with van der Waals surface area (Å²) in [6.45, 7) is 2.24. The molecule has 1 heterocycles. The van der Waals surface area contributed by atoms with E-state index in [1.165, 1.54) is 32.1 Å². The molecule has 1 aliphatic rings. The van der Waals surface area contributed by atoms with Gasteiger partial charge < -0.3 is 9.64 Å². The molecular formula is C12H21NO. The molecule has 0 aromatic rings. The molecule has 0 bridgehead atoms. The summed E-state index contributed by atoms with van der Waals surface area (Å²) in [5.74, 6) is 0. The van der Waals surface area contributed by atoms with Crippen molar-refractivity contribution < 1.29 is 4.74 Å². The Balaban J connectivity index is 2.03. The van der Waals surface area contributed by atoms with Gasteiger partial charge in [-0.3, -0.25) is 0 Å². The summed E-state index contributed by atoms with van der Waals surface area (Å²) in [5, 5.41) is 0. The number of hydrogen-bond acceptors (Lipinski definition) is 2. The number of likely N-dealkylation sites (N-methyl/N-ethyl adjacent to an activating group) is 1. The number of ether oxygens (including phenoxy) is 1. The standard InChI is InChI=1S/C12H21NO/c1-3-4-5-6-7-8-9-12-13(2)10-11-14-12/h8-12H,3-7H2,1-2H3. The first-order chi connectivity index (χ1) is 6.84. The van der Waals surface area contributed by atoms with E-state index in [0.717, 1.165) is 0 Å². The van der Waals surface area contributed by atoms with Crippen molar-refractivity contribution in [1.82, 2.24) is 4.90 Å². The van der Waals surface area contributed by atoms with E-state index >= 15 is 0 Å². The first-order valence-electron chi connectivity index (χ1n) is 5.55. The second-order valence-electron chi connectivity index (χ2n) is 3.75. The summed E-state index contributed by atoms with van der Waals surface area (Å²) < 4.78 is 5.35. The number of unbranched alkanes of at least 4 members (excludes halogenated alkanes) is 4. The average molecular weight is 195 g/mol. The van der Waals surface area contributed by atoms with E-state index in [-0.39, 0.29) is 6.23 Å². The molecule has 1 rings (SSSR count). The highest BCUT2D eigenvalue weighted by molar-refractivity contribution is 4.96. The van der Waals surface area contributed by atoms with Crippen LogP contribution in [-0.4, -0.2) is 18.2 Å². The van der Waals surface area contributed by atoms with Crippen LogP contribution in [0.3, 0.4) is 0 Å². The van der Waals surface area contributed by atoms with Gasteiger partial charge in [-0.15, -0.1) is 0 Å². The molecule has 0 aliphatic carbocycles. The normalized spacial score (nSPS) is 20.7. The summed E-state index contributed by atoms with van der Waals surface area (Å²) >= 11 is 0. The SMILES string of the molecule is CCCCCCC=CC1OC=CN1C. The van der Waals surface area contributed by atoms with E-state index in [9.17, 15) is 0 Å². The van der Waals surface area contributed by atoms with Crippen molar-refractivity contribution in [3.05, 3.63) is 24.6 Å². The Labute approximate surface area is 87.2 Å². The zero-order valence-corrected chi connectivity index (χ0v) is 9.28. The van der Waals surface area contributed by atoms with Crippen molar-refractivity contribution in [2.75, 3.05) is 7.05 Å². The number of allylic oxidation sites excluding steroid dienone is 1. The fourth-order valence-corrected chi connectivity index (χ4v) is 1.48. The fourth-order valence-electron chi connectivity index (χ4n) is 1.48. The topological polar surface area (TPSA) is 12.5 Å². The van der Waals surface area contributed by atoms with Crippen molar-refractivity contribution in [2.45, 2.75) is 45.3 Å². The molecule has 80 valence electrons. The van der Waals surface area contributed by atoms with Gasteiger partial charge in [-0.1, -0.05) is 32.3 Å². The number of nitrogens with zero attached hydrogens (tertiary/aromatic N) is 1. The maximum Gasteiger partial charge on any atom is 0.190 e. The maximum absolute atomic E-state index is 5.35. The van der Waals surface area contributed by atoms with Gasteiger partial charge in [0.15, 0.2) is 6.23 Å². The van der Waals surface area contributed by atoms with Gasteiger partial charge in [-0.2, -0.15) is 0 Å². The minimum atomic E-state index is 0.126. The number of rotatable bonds is 6. The largest absolute Gasteiger partial charge is 0.473 e. The Morgan fingerprint density at radius 3 is 2.86 bits per heavy atom. The molecular weight excluding hydrogens is 174 g/mol. The first kappa shape index (κ1) is 11.2. The quantitative estimate of drug-likeness (QED) is 0.476. The highest BCUT2D eigenvalue weighted by Gasteiger charge is 2.11. The Morgan fingerprint density at radius 1 is 1.36 bits per heavy atom. The molecule has 0 fully saturated rings. The highest BCUT2D eigenvalue weighted by atomic mass is 16.5. The fraction of sp³-hybridized carbons (Fsp3) is 0.667. The van der Waals surface area contributed by atoms with E-state index in [0.29, 0.717) is 0 Å². The van der Waals surface area contributed by atoms with Crippen LogP contribution in [0.1, 0.15) is 39.0 Å². The monoisotopic (exact) mass is 195 g/mol. The Bertz CT molecular complexity index is 198. The summed E-state index contributed by atoms with van der Waals surface area (Å²) in [6.07, 6.45) is 14.7. The van der Waals surface area contributed by atoms with Crippen LogP contribution in [0, 0.1) is 0 Å². The van der Waals surface area contributed by atoms with Crippen molar-refractivity contribution >= 4 is 0 Å². The zero-order chi connectivity index (χ0) is 10.2. The molecule has 0 radical (unpaired) electrons. The number of hydrogen-bond donors (Lipinski definition) is 0. The first-order valence-corrected chi connectivity index (χ1v) is 5.55. The molecule has 14 heavy (non-hydrogen) atoms. The van der Waals surface area contributed by atoms with Gasteiger partial charge in [0, 0.05) is 13.2 Å². The maximum atomic E-state index is 5.35. The lowest BCUT2D eigenvalue weighted by Crippen LogP contribution is -2.20. The van der Waals surface area contributed by atoms with E-state index in [1.54, 1.807) is 6.26 Å². The summed E-state index contributed by atoms with van der Waals surface area (Å²) in [7, 11) is 2.02. The van der Waals surface area contributed by atoms with Gasteiger partial charge >= 0.3 is 0 Å². The van der Waals surface area contributed by atoms with Crippen LogP contribution in [-0.2, 0) is 4.74 Å². The molecule has 0 saturated heterocycles. The molecule has 0 aromatic carbocycles. The molecule has 2 heteroatoms. The molecule has 0 saturated carbocycles. The minimum absolute atomic E-state index is 0.126. The van der Waals surface area contributed by atoms with Crippen LogP contribution >= 0.6 is 0 Å². The van der Waals surface area contributed by atoms with Crippen LogP contribution in [0.25, 0.3) is 0 Å². The van der Waals surface area contributed by atoms with Crippen molar-refractivity contribution in [2.24, 2.45) is 0 Å². The summed E-state index contributed by atoms with van der Waals surface area (Å²) in [6, 6.07) is 0. The van der Waals surface area contributed by atoms with Gasteiger partial charge in [0.1, 0.15) is 6.26 Å². The van der Waals surface area contributed by atoms with E-state index in [4.69, 9.17) is 4.74 Å². The molecule has 1 unspecified atom stereocenters. The lowest BCUT2D eigenvalue weighted by molar-refractivity contribution is 0.117. The van der Waals surface area contributed by atoms with Crippen molar-refractivity contribution in [1.29, 1.82) is 0 Å². The van der Waals surface area contributed by atoms with Gasteiger partial charge in [-0.05, 0) is 18.9 Å². The van der Waals surface area contributed by atoms with E-state index in [2.05, 4.69) is 24.0 Å². The molecule has 1 atom stereocenters. The van der Waals surface area contributed by atoms with E-state index in [1.807, 2.05) is 13.2 Å². The third kappa shape index (κ3) is 3.86. The lowest BCUT2D eigenvalue weighted by atomic mass is 10.1. The third-order valence-corrected chi connectivity index (χ3v) is 2.44. The minimum Gasteiger partial charge on any atom is -0.473 e. The van der Waals surface area contributed by atoms with Crippen LogP contribution in [0.5, 0.6) is 0 Å². The third-order valence-electron chi connectivity index (χ3n) is 2.44. The lowest BCUT2D eigenvalue weighted by Gasteiger charge is -2.15. The predicted octanol–water partition coefficient (Wildman–Crippen LogP) is 3.27. The predicted molar refractivity (Wildman–Crippen MR) is 59.7 cm³/mol. The van der Waals surface area contributed by atoms with Crippen molar-refractivity contribution in [3.63, 3.8) is 0 Å². The Kier molecular flexibility index (Phi) is 5.20. The van der Waals surface area contributed by atoms with Crippen LogP contribution in [0.4, 0.5) is 0 Å². The molecule has 0 aromatic heterocycles. The van der Waals surface area contributed by atoms with Crippen molar-refractivity contribution in [3.8, 4) is 0 Å². The smallest absolute Gasteiger partial charge is 0.190 e. The van der Waals surface area contributed by atoms with E-state index < -0.39 is 0 Å². The molecule has 0 N–H and O–H groups in total. The van der Waals surface area contributed by atoms with Crippen LogP contribution in [0.15, 0.2) is 24.6 Å². The molecule has 1 aliphatic heterocycles. The molecule has 0 amide bonds. The van der Waals surface area contributed by atoms with Gasteiger partial charge in [-0.25, -0.2) is 0 Å². The Morgan fingerprint density at radius 2 is 2.21 bits per heavy atom. The average Bonchev–Trinajstić information content (AvgIpc) is 2.58.